The molecule has 3 heterocycles. The first-order valence-corrected chi connectivity index (χ1v) is 7.52. The predicted octanol–water partition coefficient (Wildman–Crippen LogP) is 2.25. The minimum atomic E-state index is -4.47. The van der Waals surface area contributed by atoms with Crippen molar-refractivity contribution in [2.75, 3.05) is 13.1 Å². The first-order chi connectivity index (χ1) is 11.4. The lowest BCUT2D eigenvalue weighted by Crippen LogP contribution is -2.40. The lowest BCUT2D eigenvalue weighted by atomic mass is 9.97. The molecule has 0 saturated carbocycles. The van der Waals surface area contributed by atoms with E-state index in [0.717, 1.165) is 6.20 Å². The fourth-order valence-electron chi connectivity index (χ4n) is 2.94. The van der Waals surface area contributed by atoms with E-state index in [0.29, 0.717) is 31.8 Å². The van der Waals surface area contributed by atoms with Gasteiger partial charge in [0.25, 0.3) is 5.91 Å². The second-order valence-electron chi connectivity index (χ2n) is 5.77. The summed E-state index contributed by atoms with van der Waals surface area (Å²) in [5, 5.41) is 0. The molecule has 0 bridgehead atoms. The fourth-order valence-corrected chi connectivity index (χ4v) is 2.94. The van der Waals surface area contributed by atoms with Crippen LogP contribution >= 0.6 is 0 Å². The number of rotatable bonds is 2. The zero-order chi connectivity index (χ0) is 17.3. The molecule has 2 aromatic heterocycles. The average molecular weight is 339 g/mol. The molecule has 0 unspecified atom stereocenters. The summed E-state index contributed by atoms with van der Waals surface area (Å²) in [7, 11) is 1.54. The normalized spacial score (nSPS) is 18.7. The van der Waals surface area contributed by atoms with Crippen molar-refractivity contribution in [2.24, 2.45) is 7.05 Å². The van der Waals surface area contributed by atoms with Crippen LogP contribution in [0.2, 0.25) is 0 Å². The van der Waals surface area contributed by atoms with Crippen LogP contribution in [-0.2, 0) is 13.2 Å². The van der Waals surface area contributed by atoms with E-state index in [1.165, 1.54) is 23.2 Å². The highest BCUT2D eigenvalue weighted by atomic mass is 19.4. The number of aryl methyl sites for hydroxylation is 1. The van der Waals surface area contributed by atoms with Crippen LogP contribution in [-0.4, -0.2) is 43.4 Å². The van der Waals surface area contributed by atoms with Gasteiger partial charge in [0.15, 0.2) is 5.69 Å². The molecule has 2 aromatic rings. The van der Waals surface area contributed by atoms with Crippen LogP contribution in [0.15, 0.2) is 24.8 Å². The molecule has 128 valence electrons. The number of hydrogen-bond acceptors (Lipinski definition) is 4. The minimum absolute atomic E-state index is 0.231. The van der Waals surface area contributed by atoms with E-state index < -0.39 is 11.9 Å². The van der Waals surface area contributed by atoms with Crippen LogP contribution in [0.4, 0.5) is 13.2 Å². The van der Waals surface area contributed by atoms with Gasteiger partial charge in [-0.25, -0.2) is 9.97 Å². The Morgan fingerprint density at radius 2 is 2.12 bits per heavy atom. The maximum atomic E-state index is 12.8. The Labute approximate surface area is 136 Å². The van der Waals surface area contributed by atoms with E-state index in [2.05, 4.69) is 15.0 Å². The van der Waals surface area contributed by atoms with Crippen molar-refractivity contribution in [3.63, 3.8) is 0 Å². The van der Waals surface area contributed by atoms with Gasteiger partial charge < -0.3 is 9.47 Å². The number of carbonyl (C=O) groups excluding carboxylic acids is 1. The maximum Gasteiger partial charge on any atom is 0.434 e. The Hall–Kier alpha value is -2.45. The molecule has 6 nitrogen and oxygen atoms in total. The molecule has 1 saturated heterocycles. The lowest BCUT2D eigenvalue weighted by Gasteiger charge is -2.32. The second-order valence-corrected chi connectivity index (χ2v) is 5.77. The monoisotopic (exact) mass is 339 g/mol. The number of imidazole rings is 1. The molecular weight excluding hydrogens is 323 g/mol. The van der Waals surface area contributed by atoms with Crippen LogP contribution in [0, 0.1) is 0 Å². The van der Waals surface area contributed by atoms with Gasteiger partial charge in [0.1, 0.15) is 11.5 Å². The quantitative estimate of drug-likeness (QED) is 0.842. The van der Waals surface area contributed by atoms with Crippen LogP contribution in [0.5, 0.6) is 0 Å². The average Bonchev–Trinajstić information content (AvgIpc) is 2.97. The summed E-state index contributed by atoms with van der Waals surface area (Å²) in [6, 6.07) is 0. The molecule has 9 heteroatoms. The smallest absolute Gasteiger partial charge is 0.337 e. The van der Waals surface area contributed by atoms with E-state index in [1.54, 1.807) is 11.9 Å². The standard InChI is InChI=1S/C15H16F3N5O/c1-22-9-12(15(16,17)18)21-13(22)10-3-2-6-23(8-10)14(24)11-7-19-4-5-20-11/h4-5,7,9-10H,2-3,6,8H2,1H3/t10-/m0/s1. The number of piperidine rings is 1. The van der Waals surface area contributed by atoms with Gasteiger partial charge in [-0.15, -0.1) is 0 Å². The first kappa shape index (κ1) is 16.4. The Balaban J connectivity index is 1.79. The Morgan fingerprint density at radius 1 is 1.33 bits per heavy atom. The van der Waals surface area contributed by atoms with Crippen molar-refractivity contribution in [2.45, 2.75) is 24.9 Å². The van der Waals surface area contributed by atoms with E-state index in [4.69, 9.17) is 0 Å². The van der Waals surface area contributed by atoms with E-state index in [1.807, 2.05) is 0 Å². The Bertz CT molecular complexity index is 728. The Kier molecular flexibility index (Phi) is 4.25. The highest BCUT2D eigenvalue weighted by molar-refractivity contribution is 5.92. The van der Waals surface area contributed by atoms with Crippen molar-refractivity contribution >= 4 is 5.91 Å². The molecule has 0 aromatic carbocycles. The molecule has 3 rings (SSSR count). The molecule has 0 N–H and O–H groups in total. The number of carbonyl (C=O) groups is 1. The third kappa shape index (κ3) is 3.24. The van der Waals surface area contributed by atoms with Crippen LogP contribution < -0.4 is 0 Å². The van der Waals surface area contributed by atoms with E-state index >= 15 is 0 Å². The summed E-state index contributed by atoms with van der Waals surface area (Å²) in [5.41, 5.74) is -0.675. The maximum absolute atomic E-state index is 12.8. The molecule has 1 atom stereocenters. The van der Waals surface area contributed by atoms with Crippen LogP contribution in [0.1, 0.15) is 40.8 Å². The summed E-state index contributed by atoms with van der Waals surface area (Å²) in [4.78, 5) is 25.6. The molecule has 0 radical (unpaired) electrons. The van der Waals surface area contributed by atoms with E-state index in [9.17, 15) is 18.0 Å². The second kappa shape index (κ2) is 6.21. The third-order valence-corrected chi connectivity index (χ3v) is 4.06. The molecule has 1 amide bonds. The third-order valence-electron chi connectivity index (χ3n) is 4.06. The summed E-state index contributed by atoms with van der Waals surface area (Å²) in [5.74, 6) is -0.155. The first-order valence-electron chi connectivity index (χ1n) is 7.52. The van der Waals surface area contributed by atoms with Crippen molar-refractivity contribution in [3.8, 4) is 0 Å². The highest BCUT2D eigenvalue weighted by Gasteiger charge is 2.36. The molecular formula is C15H16F3N5O. The Morgan fingerprint density at radius 3 is 2.75 bits per heavy atom. The molecule has 0 aliphatic carbocycles. The van der Waals surface area contributed by atoms with Gasteiger partial charge in [-0.3, -0.25) is 9.78 Å². The summed E-state index contributed by atoms with van der Waals surface area (Å²) >= 11 is 0. The number of amides is 1. The lowest BCUT2D eigenvalue weighted by molar-refractivity contribution is -0.141. The zero-order valence-electron chi connectivity index (χ0n) is 13.0. The van der Waals surface area contributed by atoms with Gasteiger partial charge in [0.2, 0.25) is 0 Å². The number of halogens is 3. The van der Waals surface area contributed by atoms with Crippen LogP contribution in [0.25, 0.3) is 0 Å². The number of aromatic nitrogens is 4. The summed E-state index contributed by atoms with van der Waals surface area (Å²) < 4.78 is 39.8. The predicted molar refractivity (Wildman–Crippen MR) is 78.1 cm³/mol. The topological polar surface area (TPSA) is 63.9 Å². The van der Waals surface area contributed by atoms with Crippen molar-refractivity contribution in [1.82, 2.24) is 24.4 Å². The van der Waals surface area contributed by atoms with E-state index in [-0.39, 0.29) is 17.5 Å². The minimum Gasteiger partial charge on any atom is -0.337 e. The van der Waals surface area contributed by atoms with Gasteiger partial charge in [0, 0.05) is 44.6 Å². The summed E-state index contributed by atoms with van der Waals surface area (Å²) in [6.07, 6.45) is 2.19. The fraction of sp³-hybridized carbons (Fsp3) is 0.467. The van der Waals surface area contributed by atoms with Gasteiger partial charge in [0.05, 0.1) is 6.20 Å². The number of hydrogen-bond donors (Lipinski definition) is 0. The van der Waals surface area contributed by atoms with Gasteiger partial charge in [-0.2, -0.15) is 13.2 Å². The van der Waals surface area contributed by atoms with Crippen molar-refractivity contribution in [3.05, 3.63) is 42.0 Å². The molecule has 1 aliphatic heterocycles. The van der Waals surface area contributed by atoms with Crippen molar-refractivity contribution < 1.29 is 18.0 Å². The van der Waals surface area contributed by atoms with Gasteiger partial charge in [-0.1, -0.05) is 0 Å². The zero-order valence-corrected chi connectivity index (χ0v) is 13.0. The SMILES string of the molecule is Cn1cc(C(F)(F)F)nc1[C@H]1CCCN(C(=O)c2cnccn2)C1. The molecule has 24 heavy (non-hydrogen) atoms. The molecule has 1 aliphatic rings. The molecule has 0 spiro atoms. The number of nitrogens with zero attached hydrogens (tertiary/aromatic N) is 5. The van der Waals surface area contributed by atoms with Crippen molar-refractivity contribution in [1.29, 1.82) is 0 Å². The number of likely N-dealkylation sites (tertiary alicyclic amines) is 1. The highest BCUT2D eigenvalue weighted by Crippen LogP contribution is 2.32. The van der Waals surface area contributed by atoms with Gasteiger partial charge >= 0.3 is 6.18 Å². The van der Waals surface area contributed by atoms with Gasteiger partial charge in [-0.05, 0) is 12.8 Å². The number of alkyl halides is 3. The molecule has 1 fully saturated rings. The van der Waals surface area contributed by atoms with Crippen LogP contribution in [0.3, 0.4) is 0 Å². The largest absolute Gasteiger partial charge is 0.434 e. The summed E-state index contributed by atoms with van der Waals surface area (Å²) in [6.45, 7) is 0.861.